The number of aliphatic hydroxyl groups is 1. The highest BCUT2D eigenvalue weighted by Crippen LogP contribution is 2.23. The summed E-state index contributed by atoms with van der Waals surface area (Å²) in [5, 5.41) is 22.4. The van der Waals surface area contributed by atoms with Crippen LogP contribution in [-0.2, 0) is 0 Å². The maximum atomic E-state index is 10.7. The van der Waals surface area contributed by atoms with E-state index in [4.69, 9.17) is 9.52 Å². The summed E-state index contributed by atoms with van der Waals surface area (Å²) < 4.78 is 5.45. The number of nitro benzene ring substituents is 1. The van der Waals surface area contributed by atoms with Crippen LogP contribution in [0.4, 0.5) is 11.7 Å². The van der Waals surface area contributed by atoms with Crippen LogP contribution < -0.4 is 5.32 Å². The van der Waals surface area contributed by atoms with Gasteiger partial charge in [-0.25, -0.2) is 0 Å². The standard InChI is InChI=1S/C13H17N3O4/c17-8-4-2-1-3-7-14-13-15-11-9-10(16(18)19)5-6-12(11)20-13/h5-6,9,17H,1-4,7-8H2,(H,14,15). The van der Waals surface area contributed by atoms with E-state index in [-0.39, 0.29) is 12.3 Å². The fourth-order valence-corrected chi connectivity index (χ4v) is 1.89. The number of hydrogen-bond acceptors (Lipinski definition) is 6. The maximum absolute atomic E-state index is 10.7. The molecule has 0 unspecified atom stereocenters. The highest BCUT2D eigenvalue weighted by Gasteiger charge is 2.11. The molecule has 7 heteroatoms. The predicted octanol–water partition coefficient (Wildman–Crippen LogP) is 2.70. The van der Waals surface area contributed by atoms with Crippen molar-refractivity contribution in [1.82, 2.24) is 4.98 Å². The molecule has 2 aromatic rings. The fourth-order valence-electron chi connectivity index (χ4n) is 1.89. The maximum Gasteiger partial charge on any atom is 0.295 e. The SMILES string of the molecule is O=[N+]([O-])c1ccc2oc(NCCCCCCO)nc2c1. The number of aromatic nitrogens is 1. The first-order valence-corrected chi connectivity index (χ1v) is 6.60. The van der Waals surface area contributed by atoms with Gasteiger partial charge in [0.25, 0.3) is 11.7 Å². The van der Waals surface area contributed by atoms with Gasteiger partial charge >= 0.3 is 0 Å². The van der Waals surface area contributed by atoms with Gasteiger partial charge < -0.3 is 14.8 Å². The number of oxazole rings is 1. The average molecular weight is 279 g/mol. The summed E-state index contributed by atoms with van der Waals surface area (Å²) in [4.78, 5) is 14.4. The van der Waals surface area contributed by atoms with Crippen LogP contribution in [0, 0.1) is 10.1 Å². The minimum atomic E-state index is -0.456. The van der Waals surface area contributed by atoms with Crippen molar-refractivity contribution in [2.45, 2.75) is 25.7 Å². The van der Waals surface area contributed by atoms with Crippen LogP contribution in [0.2, 0.25) is 0 Å². The van der Waals surface area contributed by atoms with Crippen molar-refractivity contribution >= 4 is 22.8 Å². The lowest BCUT2D eigenvalue weighted by atomic mass is 10.2. The first-order chi connectivity index (χ1) is 9.70. The number of non-ortho nitro benzene ring substituents is 1. The van der Waals surface area contributed by atoms with Gasteiger partial charge in [-0.3, -0.25) is 10.1 Å². The van der Waals surface area contributed by atoms with Crippen molar-refractivity contribution in [3.63, 3.8) is 0 Å². The largest absolute Gasteiger partial charge is 0.424 e. The molecule has 0 amide bonds. The molecule has 0 radical (unpaired) electrons. The zero-order valence-electron chi connectivity index (χ0n) is 11.0. The number of rotatable bonds is 8. The summed E-state index contributed by atoms with van der Waals surface area (Å²) in [7, 11) is 0. The minimum absolute atomic E-state index is 0.00125. The molecule has 1 aromatic heterocycles. The third kappa shape index (κ3) is 3.67. The molecular formula is C13H17N3O4. The number of benzene rings is 1. The van der Waals surface area contributed by atoms with Crippen molar-refractivity contribution in [1.29, 1.82) is 0 Å². The molecule has 0 spiro atoms. The molecule has 7 nitrogen and oxygen atoms in total. The van der Waals surface area contributed by atoms with Gasteiger partial charge in [-0.05, 0) is 18.9 Å². The minimum Gasteiger partial charge on any atom is -0.424 e. The molecule has 0 aliphatic carbocycles. The molecule has 0 atom stereocenters. The van der Waals surface area contributed by atoms with E-state index in [1.54, 1.807) is 6.07 Å². The van der Waals surface area contributed by atoms with E-state index in [1.165, 1.54) is 12.1 Å². The molecular weight excluding hydrogens is 262 g/mol. The number of unbranched alkanes of at least 4 members (excludes halogenated alkanes) is 3. The Morgan fingerprint density at radius 2 is 2.10 bits per heavy atom. The lowest BCUT2D eigenvalue weighted by molar-refractivity contribution is -0.384. The fraction of sp³-hybridized carbons (Fsp3) is 0.462. The summed E-state index contributed by atoms with van der Waals surface area (Å²) in [5.41, 5.74) is 1.00. The lowest BCUT2D eigenvalue weighted by Gasteiger charge is -2.00. The van der Waals surface area contributed by atoms with E-state index in [2.05, 4.69) is 10.3 Å². The van der Waals surface area contributed by atoms with Crippen LogP contribution in [0.15, 0.2) is 22.6 Å². The molecule has 0 saturated carbocycles. The van der Waals surface area contributed by atoms with Gasteiger partial charge in [0.2, 0.25) is 0 Å². The van der Waals surface area contributed by atoms with Crippen LogP contribution in [0.3, 0.4) is 0 Å². The molecule has 1 aromatic carbocycles. The average Bonchev–Trinajstić information content (AvgIpc) is 2.84. The van der Waals surface area contributed by atoms with Gasteiger partial charge in [-0.2, -0.15) is 4.98 Å². The first kappa shape index (κ1) is 14.3. The highest BCUT2D eigenvalue weighted by atomic mass is 16.6. The number of nitro groups is 1. The van der Waals surface area contributed by atoms with Gasteiger partial charge in [-0.15, -0.1) is 0 Å². The van der Waals surface area contributed by atoms with Crippen LogP contribution in [0.25, 0.3) is 11.1 Å². The van der Waals surface area contributed by atoms with E-state index < -0.39 is 4.92 Å². The predicted molar refractivity (Wildman–Crippen MR) is 74.7 cm³/mol. The highest BCUT2D eigenvalue weighted by molar-refractivity contribution is 5.77. The number of aliphatic hydroxyl groups excluding tert-OH is 1. The number of hydrogen-bond donors (Lipinski definition) is 2. The molecule has 108 valence electrons. The number of fused-ring (bicyclic) bond motifs is 1. The first-order valence-electron chi connectivity index (χ1n) is 6.60. The molecule has 0 bridgehead atoms. The van der Waals surface area contributed by atoms with Gasteiger partial charge in [0.1, 0.15) is 5.52 Å². The van der Waals surface area contributed by atoms with Gasteiger partial charge in [-0.1, -0.05) is 12.8 Å². The molecule has 0 aliphatic heterocycles. The van der Waals surface area contributed by atoms with Gasteiger partial charge in [0, 0.05) is 25.3 Å². The van der Waals surface area contributed by atoms with Crippen molar-refractivity contribution in [2.75, 3.05) is 18.5 Å². The van der Waals surface area contributed by atoms with E-state index in [9.17, 15) is 10.1 Å². The molecule has 2 N–H and O–H groups in total. The van der Waals surface area contributed by atoms with Crippen LogP contribution in [0.5, 0.6) is 0 Å². The summed E-state index contributed by atoms with van der Waals surface area (Å²) in [6.45, 7) is 0.956. The number of nitrogens with one attached hydrogen (secondary N) is 1. The Morgan fingerprint density at radius 3 is 2.85 bits per heavy atom. The third-order valence-electron chi connectivity index (χ3n) is 2.94. The molecule has 20 heavy (non-hydrogen) atoms. The number of nitrogens with zero attached hydrogens (tertiary/aromatic N) is 2. The Balaban J connectivity index is 1.89. The Kier molecular flexibility index (Phi) is 4.89. The van der Waals surface area contributed by atoms with Crippen molar-refractivity contribution in [3.05, 3.63) is 28.3 Å². The zero-order chi connectivity index (χ0) is 14.4. The quantitative estimate of drug-likeness (QED) is 0.437. The monoisotopic (exact) mass is 279 g/mol. The van der Waals surface area contributed by atoms with Crippen molar-refractivity contribution in [2.24, 2.45) is 0 Å². The molecule has 0 saturated heterocycles. The smallest absolute Gasteiger partial charge is 0.295 e. The summed E-state index contributed by atoms with van der Waals surface area (Å²) in [6.07, 6.45) is 3.81. The van der Waals surface area contributed by atoms with Gasteiger partial charge in [0.05, 0.1) is 4.92 Å². The molecule has 1 heterocycles. The molecule has 2 rings (SSSR count). The van der Waals surface area contributed by atoms with Crippen molar-refractivity contribution < 1.29 is 14.4 Å². The van der Waals surface area contributed by atoms with Crippen molar-refractivity contribution in [3.8, 4) is 0 Å². The Morgan fingerprint density at radius 1 is 1.30 bits per heavy atom. The topological polar surface area (TPSA) is 101 Å². The van der Waals surface area contributed by atoms with E-state index in [0.29, 0.717) is 17.1 Å². The Hall–Kier alpha value is -2.15. The number of anilines is 1. The second-order valence-corrected chi connectivity index (χ2v) is 4.49. The van der Waals surface area contributed by atoms with E-state index >= 15 is 0 Å². The third-order valence-corrected chi connectivity index (χ3v) is 2.94. The van der Waals surface area contributed by atoms with Crippen LogP contribution >= 0.6 is 0 Å². The van der Waals surface area contributed by atoms with Gasteiger partial charge in [0.15, 0.2) is 5.58 Å². The Bertz CT molecular complexity index is 582. The van der Waals surface area contributed by atoms with Crippen LogP contribution in [0.1, 0.15) is 25.7 Å². The summed E-state index contributed by atoms with van der Waals surface area (Å²) in [5.74, 6) is 0. The zero-order valence-corrected chi connectivity index (χ0v) is 11.0. The Labute approximate surface area is 115 Å². The van der Waals surface area contributed by atoms with Crippen LogP contribution in [-0.4, -0.2) is 28.2 Å². The van der Waals surface area contributed by atoms with E-state index in [1.807, 2.05) is 0 Å². The summed E-state index contributed by atoms with van der Waals surface area (Å²) in [6, 6.07) is 4.72. The second-order valence-electron chi connectivity index (χ2n) is 4.49. The van der Waals surface area contributed by atoms with E-state index in [0.717, 1.165) is 32.2 Å². The second kappa shape index (κ2) is 6.85. The molecule has 0 fully saturated rings. The lowest BCUT2D eigenvalue weighted by Crippen LogP contribution is -2.01. The summed E-state index contributed by atoms with van der Waals surface area (Å²) >= 11 is 0. The molecule has 0 aliphatic rings. The normalized spacial score (nSPS) is 10.8.